The van der Waals surface area contributed by atoms with Crippen LogP contribution in [0.5, 0.6) is 0 Å². The number of benzene rings is 2. The van der Waals surface area contributed by atoms with E-state index in [9.17, 15) is 4.79 Å². The molecule has 86 valence electrons. The van der Waals surface area contributed by atoms with Crippen molar-refractivity contribution in [3.8, 4) is 0 Å². The van der Waals surface area contributed by atoms with Crippen molar-refractivity contribution in [1.29, 1.82) is 0 Å². The molecule has 0 spiro atoms. The van der Waals surface area contributed by atoms with E-state index in [2.05, 4.69) is 25.2 Å². The van der Waals surface area contributed by atoms with Crippen LogP contribution in [0.4, 0.5) is 0 Å². The van der Waals surface area contributed by atoms with Crippen LogP contribution in [0.2, 0.25) is 13.1 Å². The smallest absolute Gasteiger partial charge is 0.163 e. The molecule has 17 heavy (non-hydrogen) atoms. The molecular weight excluding hydrogens is 224 g/mol. The maximum atomic E-state index is 12.5. The molecule has 0 atom stereocenters. The van der Waals surface area contributed by atoms with Crippen LogP contribution in [-0.2, 0) is 0 Å². The Labute approximate surface area is 103 Å². The molecule has 0 saturated heterocycles. The van der Waals surface area contributed by atoms with E-state index in [0.717, 1.165) is 5.56 Å². The first-order chi connectivity index (χ1) is 8.12. The quantitative estimate of drug-likeness (QED) is 0.754. The summed E-state index contributed by atoms with van der Waals surface area (Å²) >= 11 is 0. The second-order valence-corrected chi connectivity index (χ2v) is 8.97. The molecule has 2 aromatic rings. The third-order valence-electron chi connectivity index (χ3n) is 3.10. The topological polar surface area (TPSA) is 17.1 Å². The Hall–Kier alpha value is -1.67. The van der Waals surface area contributed by atoms with Crippen molar-refractivity contribution in [3.05, 3.63) is 66.2 Å². The molecule has 0 unspecified atom stereocenters. The molecule has 2 heteroatoms. The Morgan fingerprint density at radius 2 is 1.29 bits per heavy atom. The lowest BCUT2D eigenvalue weighted by molar-refractivity contribution is 0.107. The minimum atomic E-state index is -2.06. The lowest BCUT2D eigenvalue weighted by Crippen LogP contribution is -2.49. The SMILES string of the molecule is C[Si](C)(C(=O)c1ccccc1)c1ccccc1. The Bertz CT molecular complexity index is 503. The first-order valence-electron chi connectivity index (χ1n) is 5.78. The maximum Gasteiger partial charge on any atom is 0.163 e. The fraction of sp³-hybridized carbons (Fsp3) is 0.133. The van der Waals surface area contributed by atoms with Gasteiger partial charge in [-0.1, -0.05) is 78.9 Å². The van der Waals surface area contributed by atoms with Crippen LogP contribution in [0, 0.1) is 0 Å². The van der Waals surface area contributed by atoms with Gasteiger partial charge in [-0.15, -0.1) is 0 Å². The Morgan fingerprint density at radius 3 is 1.82 bits per heavy atom. The number of hydrogen-bond acceptors (Lipinski definition) is 1. The summed E-state index contributed by atoms with van der Waals surface area (Å²) in [6, 6.07) is 19.7. The van der Waals surface area contributed by atoms with Gasteiger partial charge in [-0.2, -0.15) is 0 Å². The van der Waals surface area contributed by atoms with Crippen LogP contribution < -0.4 is 5.19 Å². The van der Waals surface area contributed by atoms with Crippen LogP contribution >= 0.6 is 0 Å². The van der Waals surface area contributed by atoms with E-state index >= 15 is 0 Å². The van der Waals surface area contributed by atoms with E-state index in [1.54, 1.807) is 0 Å². The molecule has 0 radical (unpaired) electrons. The summed E-state index contributed by atoms with van der Waals surface area (Å²) in [5.74, 6) is 0. The van der Waals surface area contributed by atoms with Gasteiger partial charge in [-0.05, 0) is 0 Å². The molecule has 1 nitrogen and oxygen atoms in total. The first-order valence-corrected chi connectivity index (χ1v) is 8.78. The van der Waals surface area contributed by atoms with Crippen molar-refractivity contribution < 1.29 is 4.79 Å². The number of hydrogen-bond donors (Lipinski definition) is 0. The fourth-order valence-electron chi connectivity index (χ4n) is 1.94. The normalized spacial score (nSPS) is 11.2. The fourth-order valence-corrected chi connectivity index (χ4v) is 4.11. The summed E-state index contributed by atoms with van der Waals surface area (Å²) in [4.78, 5) is 12.5. The summed E-state index contributed by atoms with van der Waals surface area (Å²) in [7, 11) is -2.06. The zero-order chi connectivity index (χ0) is 12.3. The van der Waals surface area contributed by atoms with Crippen LogP contribution in [-0.4, -0.2) is 13.5 Å². The number of carbonyl (C=O) groups excluding carboxylic acids is 1. The number of rotatable bonds is 3. The zero-order valence-electron chi connectivity index (χ0n) is 10.2. The van der Waals surface area contributed by atoms with E-state index in [1.807, 2.05) is 48.5 Å². The van der Waals surface area contributed by atoms with E-state index in [0.29, 0.717) is 5.41 Å². The average Bonchev–Trinajstić information content (AvgIpc) is 2.40. The van der Waals surface area contributed by atoms with Crippen molar-refractivity contribution in [2.75, 3.05) is 0 Å². The molecule has 2 aromatic carbocycles. The van der Waals surface area contributed by atoms with E-state index in [4.69, 9.17) is 0 Å². The molecule has 0 bridgehead atoms. The van der Waals surface area contributed by atoms with Gasteiger partial charge in [0.25, 0.3) is 0 Å². The standard InChI is InChI=1S/C15H16OSi/c1-17(2,14-11-7-4-8-12-14)15(16)13-9-5-3-6-10-13/h3-12H,1-2H3. The van der Waals surface area contributed by atoms with Gasteiger partial charge in [-0.3, -0.25) is 4.79 Å². The third kappa shape index (κ3) is 2.37. The minimum Gasteiger partial charge on any atom is -0.300 e. The van der Waals surface area contributed by atoms with Crippen LogP contribution in [0.25, 0.3) is 0 Å². The van der Waals surface area contributed by atoms with Crippen LogP contribution in [0.1, 0.15) is 10.4 Å². The minimum absolute atomic E-state index is 0.296. The third-order valence-corrected chi connectivity index (χ3v) is 6.30. The molecule has 0 aliphatic heterocycles. The van der Waals surface area contributed by atoms with Crippen LogP contribution in [0.15, 0.2) is 60.7 Å². The van der Waals surface area contributed by atoms with Gasteiger partial charge in [-0.25, -0.2) is 0 Å². The van der Waals surface area contributed by atoms with Crippen molar-refractivity contribution in [2.24, 2.45) is 0 Å². The van der Waals surface area contributed by atoms with E-state index in [1.165, 1.54) is 5.19 Å². The van der Waals surface area contributed by atoms with Crippen LogP contribution in [0.3, 0.4) is 0 Å². The first kappa shape index (κ1) is 11.8. The predicted octanol–water partition coefficient (Wildman–Crippen LogP) is 3.02. The van der Waals surface area contributed by atoms with Crippen molar-refractivity contribution in [1.82, 2.24) is 0 Å². The van der Waals surface area contributed by atoms with E-state index < -0.39 is 8.07 Å². The van der Waals surface area contributed by atoms with Gasteiger partial charge in [0.1, 0.15) is 5.41 Å². The van der Waals surface area contributed by atoms with Gasteiger partial charge in [0.2, 0.25) is 0 Å². The molecule has 0 N–H and O–H groups in total. The maximum absolute atomic E-state index is 12.5. The highest BCUT2D eigenvalue weighted by Crippen LogP contribution is 2.12. The average molecular weight is 240 g/mol. The van der Waals surface area contributed by atoms with Gasteiger partial charge < -0.3 is 0 Å². The summed E-state index contributed by atoms with van der Waals surface area (Å²) in [6.45, 7) is 4.22. The van der Waals surface area contributed by atoms with Gasteiger partial charge in [0.05, 0.1) is 0 Å². The van der Waals surface area contributed by atoms with Crippen molar-refractivity contribution >= 4 is 18.7 Å². The van der Waals surface area contributed by atoms with Crippen molar-refractivity contribution in [2.45, 2.75) is 13.1 Å². The van der Waals surface area contributed by atoms with E-state index in [-0.39, 0.29) is 0 Å². The molecular formula is C15H16OSi. The lowest BCUT2D eigenvalue weighted by Gasteiger charge is -2.21. The molecule has 0 heterocycles. The summed E-state index contributed by atoms with van der Waals surface area (Å²) in [5.41, 5.74) is 0.827. The molecule has 0 aliphatic carbocycles. The molecule has 0 saturated carbocycles. The summed E-state index contributed by atoms with van der Waals surface area (Å²) in [5, 5.41) is 1.48. The molecule has 0 amide bonds. The lowest BCUT2D eigenvalue weighted by atomic mass is 10.2. The molecule has 2 rings (SSSR count). The summed E-state index contributed by atoms with van der Waals surface area (Å²) in [6.07, 6.45) is 0. The second kappa shape index (κ2) is 4.68. The highest BCUT2D eigenvalue weighted by molar-refractivity contribution is 7.14. The zero-order valence-corrected chi connectivity index (χ0v) is 11.2. The largest absolute Gasteiger partial charge is 0.300 e. The van der Waals surface area contributed by atoms with Gasteiger partial charge in [0, 0.05) is 5.56 Å². The molecule has 0 aliphatic rings. The van der Waals surface area contributed by atoms with Crippen molar-refractivity contribution in [3.63, 3.8) is 0 Å². The predicted molar refractivity (Wildman–Crippen MR) is 74.3 cm³/mol. The van der Waals surface area contributed by atoms with Gasteiger partial charge in [0.15, 0.2) is 8.07 Å². The van der Waals surface area contributed by atoms with Gasteiger partial charge >= 0.3 is 0 Å². The highest BCUT2D eigenvalue weighted by Gasteiger charge is 2.33. The summed E-state index contributed by atoms with van der Waals surface area (Å²) < 4.78 is 0. The number of carbonyl (C=O) groups is 1. The highest BCUT2D eigenvalue weighted by atomic mass is 28.3. The molecule has 0 fully saturated rings. The Balaban J connectivity index is 2.37. The second-order valence-electron chi connectivity index (χ2n) is 4.69. The monoisotopic (exact) mass is 240 g/mol. The Morgan fingerprint density at radius 1 is 0.824 bits per heavy atom. The Kier molecular flexibility index (Phi) is 3.25. The molecule has 0 aromatic heterocycles.